The Morgan fingerprint density at radius 3 is 2.35 bits per heavy atom. The predicted molar refractivity (Wildman–Crippen MR) is 131 cm³/mol. The highest BCUT2D eigenvalue weighted by Crippen LogP contribution is 2.18. The number of carbonyl (C=O) groups excluding carboxylic acids is 2. The average molecular weight is 487 g/mol. The molecule has 0 aromatic heterocycles. The van der Waals surface area contributed by atoms with Gasteiger partial charge in [0.15, 0.2) is 6.61 Å². The molecule has 2 aromatic carbocycles. The van der Waals surface area contributed by atoms with Crippen molar-refractivity contribution in [2.75, 3.05) is 23.7 Å². The maximum absolute atomic E-state index is 12.2. The number of hydrazone groups is 1. The minimum Gasteiger partial charge on any atom is -0.484 e. The first-order valence-electron chi connectivity index (χ1n) is 11.2. The van der Waals surface area contributed by atoms with E-state index in [2.05, 4.69) is 15.8 Å². The summed E-state index contributed by atoms with van der Waals surface area (Å²) in [5, 5.41) is 6.89. The van der Waals surface area contributed by atoms with Crippen LogP contribution in [-0.2, 0) is 19.6 Å². The van der Waals surface area contributed by atoms with Crippen molar-refractivity contribution >= 4 is 33.7 Å². The molecule has 2 N–H and O–H groups in total. The first kappa shape index (κ1) is 25.2. The van der Waals surface area contributed by atoms with E-state index in [1.54, 1.807) is 54.6 Å². The summed E-state index contributed by atoms with van der Waals surface area (Å²) in [6, 6.07) is 15.5. The number of sulfonamides is 1. The van der Waals surface area contributed by atoms with Crippen molar-refractivity contribution in [1.82, 2.24) is 10.7 Å². The Labute approximate surface area is 200 Å². The largest absolute Gasteiger partial charge is 0.484 e. The average Bonchev–Trinajstić information content (AvgIpc) is 2.82. The van der Waals surface area contributed by atoms with E-state index in [-0.39, 0.29) is 18.6 Å². The lowest BCUT2D eigenvalue weighted by atomic mass is 9.95. The zero-order chi connectivity index (χ0) is 24.4. The van der Waals surface area contributed by atoms with Gasteiger partial charge in [0.25, 0.3) is 11.8 Å². The van der Waals surface area contributed by atoms with E-state index in [0.29, 0.717) is 17.0 Å². The van der Waals surface area contributed by atoms with Gasteiger partial charge in [-0.25, -0.2) is 13.8 Å². The summed E-state index contributed by atoms with van der Waals surface area (Å²) in [6.45, 7) is -0.436. The third-order valence-electron chi connectivity index (χ3n) is 5.35. The molecular weight excluding hydrogens is 456 g/mol. The summed E-state index contributed by atoms with van der Waals surface area (Å²) in [4.78, 5) is 24.3. The Kier molecular flexibility index (Phi) is 9.03. The molecule has 1 aliphatic rings. The molecular formula is C24H30N4O5S. The molecule has 0 heterocycles. The molecule has 0 bridgehead atoms. The molecule has 3 rings (SSSR count). The van der Waals surface area contributed by atoms with Crippen LogP contribution in [0.1, 0.15) is 37.7 Å². The summed E-state index contributed by atoms with van der Waals surface area (Å²) >= 11 is 0. The summed E-state index contributed by atoms with van der Waals surface area (Å²) in [5.74, 6) is -0.153. The van der Waals surface area contributed by atoms with Crippen LogP contribution in [0.15, 0.2) is 59.7 Å². The van der Waals surface area contributed by atoms with Gasteiger partial charge < -0.3 is 10.1 Å². The van der Waals surface area contributed by atoms with Crippen molar-refractivity contribution in [3.63, 3.8) is 0 Å². The van der Waals surface area contributed by atoms with Crippen LogP contribution < -0.4 is 19.8 Å². The van der Waals surface area contributed by atoms with Crippen LogP contribution in [0.5, 0.6) is 5.75 Å². The second-order valence-electron chi connectivity index (χ2n) is 8.16. The predicted octanol–water partition coefficient (Wildman–Crippen LogP) is 2.43. The highest BCUT2D eigenvalue weighted by atomic mass is 32.2. The van der Waals surface area contributed by atoms with Gasteiger partial charge in [0.2, 0.25) is 10.0 Å². The maximum atomic E-state index is 12.2. The minimum absolute atomic E-state index is 0.0434. The normalized spacial score (nSPS) is 14.5. The molecule has 0 radical (unpaired) electrons. The number of anilines is 1. The molecule has 9 nitrogen and oxygen atoms in total. The number of amides is 2. The summed E-state index contributed by atoms with van der Waals surface area (Å²) in [5.41, 5.74) is 3.43. The Balaban J connectivity index is 1.45. The number of para-hydroxylation sites is 1. The highest BCUT2D eigenvalue weighted by molar-refractivity contribution is 7.92. The van der Waals surface area contributed by atoms with E-state index >= 15 is 0 Å². The Morgan fingerprint density at radius 2 is 1.71 bits per heavy atom. The molecule has 182 valence electrons. The second kappa shape index (κ2) is 12.2. The highest BCUT2D eigenvalue weighted by Gasteiger charge is 2.20. The molecule has 0 saturated heterocycles. The van der Waals surface area contributed by atoms with Crippen molar-refractivity contribution in [3.05, 3.63) is 60.2 Å². The Hall–Kier alpha value is -3.40. The van der Waals surface area contributed by atoms with Crippen molar-refractivity contribution < 1.29 is 22.7 Å². The molecule has 1 saturated carbocycles. The van der Waals surface area contributed by atoms with Gasteiger partial charge in [-0.3, -0.25) is 13.9 Å². The first-order chi connectivity index (χ1) is 16.3. The summed E-state index contributed by atoms with van der Waals surface area (Å²) in [6.07, 6.45) is 8.06. The van der Waals surface area contributed by atoms with E-state index in [1.165, 1.54) is 12.6 Å². The third kappa shape index (κ3) is 8.18. The summed E-state index contributed by atoms with van der Waals surface area (Å²) < 4.78 is 30.7. The fourth-order valence-corrected chi connectivity index (χ4v) is 4.51. The van der Waals surface area contributed by atoms with Gasteiger partial charge in [0.1, 0.15) is 12.3 Å². The molecule has 1 aliphatic carbocycles. The molecule has 0 aliphatic heterocycles. The van der Waals surface area contributed by atoms with Gasteiger partial charge in [-0.15, -0.1) is 0 Å². The molecule has 0 atom stereocenters. The molecule has 0 spiro atoms. The molecule has 34 heavy (non-hydrogen) atoms. The van der Waals surface area contributed by atoms with E-state index < -0.39 is 22.5 Å². The zero-order valence-electron chi connectivity index (χ0n) is 19.1. The molecule has 10 heteroatoms. The molecule has 2 amide bonds. The lowest BCUT2D eigenvalue weighted by Gasteiger charge is -2.22. The quantitative estimate of drug-likeness (QED) is 0.395. The number of benzene rings is 2. The number of hydrogen-bond donors (Lipinski definition) is 2. The zero-order valence-corrected chi connectivity index (χ0v) is 20.0. The van der Waals surface area contributed by atoms with E-state index in [9.17, 15) is 18.0 Å². The van der Waals surface area contributed by atoms with Gasteiger partial charge in [-0.1, -0.05) is 37.5 Å². The number of rotatable bonds is 10. The van der Waals surface area contributed by atoms with E-state index in [4.69, 9.17) is 4.74 Å². The Morgan fingerprint density at radius 1 is 1.03 bits per heavy atom. The smallest absolute Gasteiger partial charge is 0.260 e. The van der Waals surface area contributed by atoms with Crippen LogP contribution >= 0.6 is 0 Å². The summed E-state index contributed by atoms with van der Waals surface area (Å²) in [7, 11) is -3.64. The Bertz CT molecular complexity index is 1080. The maximum Gasteiger partial charge on any atom is 0.260 e. The van der Waals surface area contributed by atoms with Crippen LogP contribution in [0.3, 0.4) is 0 Å². The van der Waals surface area contributed by atoms with Crippen molar-refractivity contribution in [1.29, 1.82) is 0 Å². The molecule has 0 unspecified atom stereocenters. The van der Waals surface area contributed by atoms with Gasteiger partial charge in [-0.2, -0.15) is 5.10 Å². The fraction of sp³-hybridized carbons (Fsp3) is 0.375. The van der Waals surface area contributed by atoms with Gasteiger partial charge >= 0.3 is 0 Å². The van der Waals surface area contributed by atoms with Gasteiger partial charge in [-0.05, 0) is 54.8 Å². The van der Waals surface area contributed by atoms with Gasteiger partial charge in [0, 0.05) is 6.04 Å². The molecule has 1 fully saturated rings. The topological polar surface area (TPSA) is 117 Å². The number of ether oxygens (including phenoxy) is 1. The van der Waals surface area contributed by atoms with Gasteiger partial charge in [0.05, 0.1) is 18.2 Å². The SMILES string of the molecule is CS(=O)(=O)N(CC(=O)N/N=C\c1ccc(OCC(=O)NC2CCCCC2)cc1)c1ccccc1. The van der Waals surface area contributed by atoms with E-state index in [0.717, 1.165) is 36.2 Å². The number of carbonyl (C=O) groups is 2. The van der Waals surface area contributed by atoms with Crippen LogP contribution in [0.2, 0.25) is 0 Å². The monoisotopic (exact) mass is 486 g/mol. The lowest BCUT2D eigenvalue weighted by Crippen LogP contribution is -2.39. The van der Waals surface area contributed by atoms with Crippen LogP contribution in [0.25, 0.3) is 0 Å². The fourth-order valence-electron chi connectivity index (χ4n) is 3.65. The van der Waals surface area contributed by atoms with Crippen molar-refractivity contribution in [3.8, 4) is 5.75 Å². The minimum atomic E-state index is -3.64. The van der Waals surface area contributed by atoms with Crippen molar-refractivity contribution in [2.24, 2.45) is 5.10 Å². The standard InChI is InChI=1S/C24H30N4O5S/c1-34(31,32)28(21-10-6-3-7-11-21)17-23(29)27-25-16-19-12-14-22(15-13-19)33-18-24(30)26-20-8-4-2-5-9-20/h3,6-7,10-16,20H,2,4-5,8-9,17-18H2,1H3,(H,26,30)(H,27,29)/b25-16-. The van der Waals surface area contributed by atoms with E-state index in [1.807, 2.05) is 0 Å². The number of nitrogens with zero attached hydrogens (tertiary/aromatic N) is 2. The van der Waals surface area contributed by atoms with Crippen molar-refractivity contribution in [2.45, 2.75) is 38.1 Å². The molecule has 2 aromatic rings. The van der Waals surface area contributed by atoms with Crippen LogP contribution in [-0.4, -0.2) is 51.9 Å². The van der Waals surface area contributed by atoms with Crippen LogP contribution in [0.4, 0.5) is 5.69 Å². The number of nitrogens with one attached hydrogen (secondary N) is 2. The lowest BCUT2D eigenvalue weighted by molar-refractivity contribution is -0.124. The third-order valence-corrected chi connectivity index (χ3v) is 6.50. The second-order valence-corrected chi connectivity index (χ2v) is 10.1. The first-order valence-corrected chi connectivity index (χ1v) is 13.0. The van der Waals surface area contributed by atoms with Crippen LogP contribution in [0, 0.1) is 0 Å². The number of hydrogen-bond acceptors (Lipinski definition) is 6.